The highest BCUT2D eigenvalue weighted by Crippen LogP contribution is 2.27. The van der Waals surface area contributed by atoms with E-state index in [0.29, 0.717) is 6.04 Å². The van der Waals surface area contributed by atoms with Crippen LogP contribution in [0.5, 0.6) is 0 Å². The average molecular weight is 352 g/mol. The first-order valence-electron chi connectivity index (χ1n) is 10.6. The van der Waals surface area contributed by atoms with E-state index in [2.05, 4.69) is 15.1 Å². The second-order valence-corrected chi connectivity index (χ2v) is 8.26. The molecule has 1 saturated carbocycles. The molecular formula is C20H37N3O2. The summed E-state index contributed by atoms with van der Waals surface area (Å²) in [6.45, 7) is 5.09. The number of amides is 1. The summed E-state index contributed by atoms with van der Waals surface area (Å²) in [6.07, 6.45) is 12.5. The maximum absolute atomic E-state index is 12.5. The normalized spacial score (nSPS) is 28.1. The molecule has 1 amide bonds. The third-order valence-corrected chi connectivity index (χ3v) is 6.65. The Morgan fingerprint density at radius 2 is 1.64 bits per heavy atom. The Morgan fingerprint density at radius 1 is 0.920 bits per heavy atom. The molecule has 2 saturated heterocycles. The topological polar surface area (TPSA) is 55.8 Å². The van der Waals surface area contributed by atoms with Gasteiger partial charge in [-0.1, -0.05) is 25.7 Å². The van der Waals surface area contributed by atoms with E-state index in [1.54, 1.807) is 0 Å². The Kier molecular flexibility index (Phi) is 7.56. The molecule has 2 N–H and O–H groups in total. The predicted molar refractivity (Wildman–Crippen MR) is 100 cm³/mol. The van der Waals surface area contributed by atoms with Gasteiger partial charge in [-0.15, -0.1) is 0 Å². The minimum absolute atomic E-state index is 0.204. The Hall–Kier alpha value is -0.650. The molecular weight excluding hydrogens is 314 g/mol. The molecule has 1 atom stereocenters. The third kappa shape index (κ3) is 5.41. The van der Waals surface area contributed by atoms with Crippen LogP contribution in [0.15, 0.2) is 0 Å². The largest absolute Gasteiger partial charge is 0.395 e. The Bertz CT molecular complexity index is 404. The fourth-order valence-corrected chi connectivity index (χ4v) is 5.00. The molecule has 2 aliphatic heterocycles. The zero-order valence-electron chi connectivity index (χ0n) is 15.8. The molecule has 0 radical (unpaired) electrons. The van der Waals surface area contributed by atoms with Crippen molar-refractivity contribution in [2.24, 2.45) is 5.92 Å². The number of carbonyl (C=O) groups is 1. The van der Waals surface area contributed by atoms with Crippen LogP contribution in [-0.4, -0.2) is 72.2 Å². The van der Waals surface area contributed by atoms with Crippen LogP contribution < -0.4 is 5.32 Å². The molecule has 3 rings (SSSR count). The molecule has 0 aromatic heterocycles. The van der Waals surface area contributed by atoms with Crippen molar-refractivity contribution in [3.63, 3.8) is 0 Å². The van der Waals surface area contributed by atoms with Crippen LogP contribution >= 0.6 is 0 Å². The Morgan fingerprint density at radius 3 is 2.36 bits per heavy atom. The van der Waals surface area contributed by atoms with Gasteiger partial charge in [0.2, 0.25) is 5.91 Å². The lowest BCUT2D eigenvalue weighted by atomic mass is 9.90. The number of piperidine rings is 2. The van der Waals surface area contributed by atoms with Crippen molar-refractivity contribution in [2.75, 3.05) is 39.3 Å². The summed E-state index contributed by atoms with van der Waals surface area (Å²) in [6, 6.07) is 1.08. The van der Waals surface area contributed by atoms with Gasteiger partial charge in [-0.3, -0.25) is 9.69 Å². The fourth-order valence-electron chi connectivity index (χ4n) is 5.00. The molecule has 5 heteroatoms. The number of nitrogens with one attached hydrogen (secondary N) is 1. The standard InChI is InChI=1S/C20H37N3O2/c24-16-19-8-4-5-12-22(19)15-11-21-20(25)17-9-13-23(14-10-17)18-6-2-1-3-7-18/h17-19,24H,1-16H2,(H,21,25)/t19-/m0/s1. The molecule has 0 unspecified atom stereocenters. The van der Waals surface area contributed by atoms with Gasteiger partial charge in [0.05, 0.1) is 6.61 Å². The summed E-state index contributed by atoms with van der Waals surface area (Å²) < 4.78 is 0. The lowest BCUT2D eigenvalue weighted by molar-refractivity contribution is -0.126. The number of nitrogens with zero attached hydrogens (tertiary/aromatic N) is 2. The number of aliphatic hydroxyl groups excluding tert-OH is 1. The molecule has 0 spiro atoms. The second kappa shape index (κ2) is 9.89. The van der Waals surface area contributed by atoms with Gasteiger partial charge >= 0.3 is 0 Å². The van der Waals surface area contributed by atoms with E-state index in [-0.39, 0.29) is 18.4 Å². The van der Waals surface area contributed by atoms with Gasteiger partial charge < -0.3 is 15.3 Å². The number of hydrogen-bond acceptors (Lipinski definition) is 4. The highest BCUT2D eigenvalue weighted by Gasteiger charge is 2.29. The summed E-state index contributed by atoms with van der Waals surface area (Å²) in [5.41, 5.74) is 0. The van der Waals surface area contributed by atoms with Crippen molar-refractivity contribution < 1.29 is 9.90 Å². The molecule has 1 aliphatic carbocycles. The van der Waals surface area contributed by atoms with Crippen molar-refractivity contribution in [1.29, 1.82) is 0 Å². The van der Waals surface area contributed by atoms with E-state index < -0.39 is 0 Å². The third-order valence-electron chi connectivity index (χ3n) is 6.65. The van der Waals surface area contributed by atoms with Gasteiger partial charge in [-0.25, -0.2) is 0 Å². The molecule has 0 bridgehead atoms. The van der Waals surface area contributed by atoms with Gasteiger partial charge in [-0.2, -0.15) is 0 Å². The molecule has 2 heterocycles. The first-order chi connectivity index (χ1) is 12.3. The van der Waals surface area contributed by atoms with E-state index in [0.717, 1.165) is 58.0 Å². The zero-order valence-corrected chi connectivity index (χ0v) is 15.8. The lowest BCUT2D eigenvalue weighted by Gasteiger charge is -2.39. The van der Waals surface area contributed by atoms with Gasteiger partial charge in [0, 0.05) is 31.1 Å². The van der Waals surface area contributed by atoms with Gasteiger partial charge in [0.15, 0.2) is 0 Å². The lowest BCUT2D eigenvalue weighted by Crippen LogP contribution is -2.48. The smallest absolute Gasteiger partial charge is 0.223 e. The first kappa shape index (κ1) is 19.1. The summed E-state index contributed by atoms with van der Waals surface area (Å²) in [5, 5.41) is 12.6. The Labute approximate surface area is 153 Å². The molecule has 25 heavy (non-hydrogen) atoms. The van der Waals surface area contributed by atoms with E-state index in [9.17, 15) is 9.90 Å². The molecule has 5 nitrogen and oxygen atoms in total. The molecule has 0 aromatic carbocycles. The van der Waals surface area contributed by atoms with Crippen LogP contribution in [-0.2, 0) is 4.79 Å². The quantitative estimate of drug-likeness (QED) is 0.768. The number of likely N-dealkylation sites (tertiary alicyclic amines) is 2. The number of rotatable bonds is 6. The Balaban J connectivity index is 1.33. The summed E-state index contributed by atoms with van der Waals surface area (Å²) in [5.74, 6) is 0.454. The summed E-state index contributed by atoms with van der Waals surface area (Å²) in [4.78, 5) is 17.5. The average Bonchev–Trinajstić information content (AvgIpc) is 2.69. The van der Waals surface area contributed by atoms with E-state index in [4.69, 9.17) is 0 Å². The van der Waals surface area contributed by atoms with E-state index in [1.807, 2.05) is 0 Å². The van der Waals surface area contributed by atoms with Crippen molar-refractivity contribution in [3.05, 3.63) is 0 Å². The van der Waals surface area contributed by atoms with Crippen LogP contribution in [0, 0.1) is 5.92 Å². The van der Waals surface area contributed by atoms with Crippen molar-refractivity contribution in [3.8, 4) is 0 Å². The molecule has 144 valence electrons. The van der Waals surface area contributed by atoms with Crippen molar-refractivity contribution >= 4 is 5.91 Å². The van der Waals surface area contributed by atoms with Crippen LogP contribution in [0.4, 0.5) is 0 Å². The minimum Gasteiger partial charge on any atom is -0.395 e. The number of aliphatic hydroxyl groups is 1. The summed E-state index contributed by atoms with van der Waals surface area (Å²) >= 11 is 0. The SMILES string of the molecule is O=C(NCCN1CCCC[C@H]1CO)C1CCN(C2CCCCC2)CC1. The molecule has 3 fully saturated rings. The van der Waals surface area contributed by atoms with E-state index >= 15 is 0 Å². The monoisotopic (exact) mass is 351 g/mol. The van der Waals surface area contributed by atoms with Crippen LogP contribution in [0.25, 0.3) is 0 Å². The van der Waals surface area contributed by atoms with E-state index in [1.165, 1.54) is 44.9 Å². The number of carbonyl (C=O) groups excluding carboxylic acids is 1. The van der Waals surface area contributed by atoms with Gasteiger partial charge in [0.1, 0.15) is 0 Å². The van der Waals surface area contributed by atoms with Gasteiger partial charge in [0.25, 0.3) is 0 Å². The molecule has 0 aromatic rings. The first-order valence-corrected chi connectivity index (χ1v) is 10.6. The van der Waals surface area contributed by atoms with Crippen LogP contribution in [0.1, 0.15) is 64.2 Å². The maximum Gasteiger partial charge on any atom is 0.223 e. The fraction of sp³-hybridized carbons (Fsp3) is 0.950. The maximum atomic E-state index is 12.5. The van der Waals surface area contributed by atoms with Gasteiger partial charge in [-0.05, 0) is 58.2 Å². The predicted octanol–water partition coefficient (Wildman–Crippen LogP) is 1.99. The second-order valence-electron chi connectivity index (χ2n) is 8.26. The zero-order chi connectivity index (χ0) is 17.5. The molecule has 3 aliphatic rings. The minimum atomic E-state index is 0.204. The van der Waals surface area contributed by atoms with Crippen LogP contribution in [0.3, 0.4) is 0 Å². The highest BCUT2D eigenvalue weighted by atomic mass is 16.3. The summed E-state index contributed by atoms with van der Waals surface area (Å²) in [7, 11) is 0. The highest BCUT2D eigenvalue weighted by molar-refractivity contribution is 5.78. The number of hydrogen-bond donors (Lipinski definition) is 2. The van der Waals surface area contributed by atoms with Crippen molar-refractivity contribution in [1.82, 2.24) is 15.1 Å². The van der Waals surface area contributed by atoms with Crippen molar-refractivity contribution in [2.45, 2.75) is 76.3 Å². The van der Waals surface area contributed by atoms with Crippen LogP contribution in [0.2, 0.25) is 0 Å².